The fraction of sp³-hybridized carbons (Fsp3) is 0.333. The van der Waals surface area contributed by atoms with E-state index in [9.17, 15) is 9.59 Å². The number of pyridine rings is 1. The lowest BCUT2D eigenvalue weighted by molar-refractivity contribution is 0.0524. The molecule has 2 heterocycles. The van der Waals surface area contributed by atoms with Crippen LogP contribution in [0.4, 0.5) is 0 Å². The summed E-state index contributed by atoms with van der Waals surface area (Å²) >= 11 is 1.36. The molecule has 90 valence electrons. The van der Waals surface area contributed by atoms with E-state index in [1.807, 2.05) is 19.4 Å². The maximum absolute atomic E-state index is 12.1. The molecule has 0 atom stereocenters. The zero-order chi connectivity index (χ0) is 12.6. The molecule has 0 N–H and O–H groups in total. The first kappa shape index (κ1) is 11.9. The Balaban J connectivity index is 2.72. The minimum absolute atomic E-state index is 0.101. The Bertz CT molecular complexity index is 639. The molecule has 0 saturated heterocycles. The number of nitrogens with zero attached hydrogens (tertiary/aromatic N) is 1. The molecule has 0 aromatic carbocycles. The lowest BCUT2D eigenvalue weighted by Gasteiger charge is -2.06. The number of carbonyl (C=O) groups is 1. The average Bonchev–Trinajstić information content (AvgIpc) is 2.67. The predicted octanol–water partition coefficient (Wildman–Crippen LogP) is 2.09. The molecule has 0 aliphatic rings. The highest BCUT2D eigenvalue weighted by molar-refractivity contribution is 7.17. The summed E-state index contributed by atoms with van der Waals surface area (Å²) < 4.78 is 7.28. The van der Waals surface area contributed by atoms with Crippen LogP contribution in [0, 0.1) is 6.92 Å². The van der Waals surface area contributed by atoms with Crippen LogP contribution in [-0.4, -0.2) is 17.1 Å². The SMILES string of the molecule is CCOC(=O)c1cn(C)c2c(C)csc2c1=O. The lowest BCUT2D eigenvalue weighted by Crippen LogP contribution is -2.19. The molecular formula is C12H13NO3S. The van der Waals surface area contributed by atoms with Gasteiger partial charge in [0.2, 0.25) is 5.43 Å². The number of aryl methyl sites for hydroxylation is 2. The third kappa shape index (κ3) is 1.86. The molecule has 0 aliphatic carbocycles. The number of fused-ring (bicyclic) bond motifs is 1. The quantitative estimate of drug-likeness (QED) is 0.768. The normalized spacial score (nSPS) is 10.8. The maximum atomic E-state index is 12.1. The molecule has 0 fully saturated rings. The fourth-order valence-electron chi connectivity index (χ4n) is 1.83. The van der Waals surface area contributed by atoms with Gasteiger partial charge in [-0.3, -0.25) is 4.79 Å². The topological polar surface area (TPSA) is 48.3 Å². The molecule has 5 heteroatoms. The van der Waals surface area contributed by atoms with Crippen molar-refractivity contribution in [2.24, 2.45) is 7.05 Å². The summed E-state index contributed by atoms with van der Waals surface area (Å²) in [5.41, 5.74) is 1.78. The number of hydrogen-bond acceptors (Lipinski definition) is 4. The van der Waals surface area contributed by atoms with Crippen molar-refractivity contribution < 1.29 is 9.53 Å². The smallest absolute Gasteiger partial charge is 0.343 e. The van der Waals surface area contributed by atoms with Gasteiger partial charge in [0.05, 0.1) is 16.8 Å². The van der Waals surface area contributed by atoms with E-state index in [0.29, 0.717) is 4.70 Å². The van der Waals surface area contributed by atoms with Crippen LogP contribution in [0.1, 0.15) is 22.8 Å². The van der Waals surface area contributed by atoms with Crippen LogP contribution in [0.5, 0.6) is 0 Å². The van der Waals surface area contributed by atoms with Gasteiger partial charge in [0.15, 0.2) is 0 Å². The third-order valence-electron chi connectivity index (χ3n) is 2.56. The van der Waals surface area contributed by atoms with Gasteiger partial charge in [-0.1, -0.05) is 0 Å². The van der Waals surface area contributed by atoms with Gasteiger partial charge in [0, 0.05) is 13.2 Å². The number of ether oxygens (including phenoxy) is 1. The molecule has 0 saturated carbocycles. The van der Waals surface area contributed by atoms with Crippen molar-refractivity contribution in [3.05, 3.63) is 32.9 Å². The molecule has 0 unspecified atom stereocenters. The summed E-state index contributed by atoms with van der Waals surface area (Å²) in [6.07, 6.45) is 1.54. The van der Waals surface area contributed by atoms with Gasteiger partial charge in [-0.05, 0) is 24.8 Å². The summed E-state index contributed by atoms with van der Waals surface area (Å²) in [7, 11) is 1.82. The van der Waals surface area contributed by atoms with Crippen LogP contribution < -0.4 is 5.43 Å². The molecule has 4 nitrogen and oxygen atoms in total. The summed E-state index contributed by atoms with van der Waals surface area (Å²) in [4.78, 5) is 23.7. The van der Waals surface area contributed by atoms with Crippen molar-refractivity contribution in [2.45, 2.75) is 13.8 Å². The van der Waals surface area contributed by atoms with Crippen molar-refractivity contribution in [1.29, 1.82) is 0 Å². The Morgan fingerprint density at radius 3 is 2.88 bits per heavy atom. The second kappa shape index (κ2) is 4.33. The summed E-state index contributed by atoms with van der Waals surface area (Å²) in [5.74, 6) is -0.555. The highest BCUT2D eigenvalue weighted by Gasteiger charge is 2.17. The van der Waals surface area contributed by atoms with Crippen molar-refractivity contribution in [1.82, 2.24) is 4.57 Å². The number of esters is 1. The molecule has 2 rings (SSSR count). The second-order valence-corrected chi connectivity index (χ2v) is 4.68. The van der Waals surface area contributed by atoms with Crippen molar-refractivity contribution in [2.75, 3.05) is 6.61 Å². The van der Waals surface area contributed by atoms with Crippen LogP contribution in [-0.2, 0) is 11.8 Å². The average molecular weight is 251 g/mol. The Hall–Kier alpha value is -1.62. The van der Waals surface area contributed by atoms with Gasteiger partial charge in [-0.15, -0.1) is 11.3 Å². The first-order valence-corrected chi connectivity index (χ1v) is 6.18. The number of thiophene rings is 1. The molecule has 0 spiro atoms. The Morgan fingerprint density at radius 1 is 1.53 bits per heavy atom. The van der Waals surface area contributed by atoms with E-state index in [0.717, 1.165) is 11.1 Å². The van der Waals surface area contributed by atoms with Gasteiger partial charge < -0.3 is 9.30 Å². The van der Waals surface area contributed by atoms with Gasteiger partial charge in [0.25, 0.3) is 0 Å². The van der Waals surface area contributed by atoms with Crippen LogP contribution in [0.2, 0.25) is 0 Å². The van der Waals surface area contributed by atoms with E-state index in [1.165, 1.54) is 11.3 Å². The minimum Gasteiger partial charge on any atom is -0.462 e. The van der Waals surface area contributed by atoms with Crippen LogP contribution in [0.3, 0.4) is 0 Å². The largest absolute Gasteiger partial charge is 0.462 e. The zero-order valence-electron chi connectivity index (χ0n) is 9.94. The van der Waals surface area contributed by atoms with Crippen molar-refractivity contribution in [3.8, 4) is 0 Å². The standard InChI is InChI=1S/C12H13NO3S/c1-4-16-12(15)8-5-13(3)9-7(2)6-17-11(9)10(8)14/h5-6H,4H2,1-3H3. The molecule has 2 aromatic heterocycles. The number of hydrogen-bond donors (Lipinski definition) is 0. The van der Waals surface area contributed by atoms with Crippen LogP contribution >= 0.6 is 11.3 Å². The Kier molecular flexibility index (Phi) is 3.02. The van der Waals surface area contributed by atoms with Gasteiger partial charge in [-0.25, -0.2) is 4.79 Å². The predicted molar refractivity (Wildman–Crippen MR) is 67.8 cm³/mol. The van der Waals surface area contributed by atoms with Crippen molar-refractivity contribution in [3.63, 3.8) is 0 Å². The molecule has 0 amide bonds. The molecule has 0 bridgehead atoms. The second-order valence-electron chi connectivity index (χ2n) is 3.80. The maximum Gasteiger partial charge on any atom is 0.343 e. The van der Waals surface area contributed by atoms with Gasteiger partial charge in [-0.2, -0.15) is 0 Å². The van der Waals surface area contributed by atoms with Gasteiger partial charge in [0.1, 0.15) is 5.56 Å². The zero-order valence-corrected chi connectivity index (χ0v) is 10.8. The first-order chi connectivity index (χ1) is 8.06. The summed E-state index contributed by atoms with van der Waals surface area (Å²) in [5, 5.41) is 1.92. The monoisotopic (exact) mass is 251 g/mol. The molecule has 0 aliphatic heterocycles. The highest BCUT2D eigenvalue weighted by atomic mass is 32.1. The number of carbonyl (C=O) groups excluding carboxylic acids is 1. The molecule has 17 heavy (non-hydrogen) atoms. The van der Waals surface area contributed by atoms with E-state index >= 15 is 0 Å². The van der Waals surface area contributed by atoms with Crippen LogP contribution in [0.15, 0.2) is 16.4 Å². The Morgan fingerprint density at radius 2 is 2.24 bits per heavy atom. The minimum atomic E-state index is -0.555. The third-order valence-corrected chi connectivity index (χ3v) is 3.65. The van der Waals surface area contributed by atoms with E-state index in [1.54, 1.807) is 17.7 Å². The van der Waals surface area contributed by atoms with Crippen LogP contribution in [0.25, 0.3) is 10.2 Å². The first-order valence-electron chi connectivity index (χ1n) is 5.30. The van der Waals surface area contributed by atoms with E-state index < -0.39 is 5.97 Å². The van der Waals surface area contributed by atoms with Crippen molar-refractivity contribution >= 4 is 27.5 Å². The summed E-state index contributed by atoms with van der Waals surface area (Å²) in [6, 6.07) is 0. The van der Waals surface area contributed by atoms with E-state index in [4.69, 9.17) is 4.74 Å². The summed E-state index contributed by atoms with van der Waals surface area (Å²) in [6.45, 7) is 3.93. The Labute approximate surface area is 102 Å². The fourth-order valence-corrected chi connectivity index (χ4v) is 2.87. The number of aromatic nitrogens is 1. The van der Waals surface area contributed by atoms with E-state index in [-0.39, 0.29) is 17.6 Å². The van der Waals surface area contributed by atoms with Gasteiger partial charge >= 0.3 is 5.97 Å². The highest BCUT2D eigenvalue weighted by Crippen LogP contribution is 2.22. The molecule has 2 aromatic rings. The molecular weight excluding hydrogens is 238 g/mol. The van der Waals surface area contributed by atoms with E-state index in [2.05, 4.69) is 0 Å². The lowest BCUT2D eigenvalue weighted by atomic mass is 10.2. The number of rotatable bonds is 2. The molecule has 0 radical (unpaired) electrons.